The summed E-state index contributed by atoms with van der Waals surface area (Å²) in [6.45, 7) is 5.43. The Morgan fingerprint density at radius 1 is 1.38 bits per heavy atom. The van der Waals surface area contributed by atoms with Crippen molar-refractivity contribution < 1.29 is 9.18 Å². The molecule has 0 aliphatic heterocycles. The zero-order valence-electron chi connectivity index (χ0n) is 12.4. The summed E-state index contributed by atoms with van der Waals surface area (Å²) in [7, 11) is 1.75. The third-order valence-corrected chi connectivity index (χ3v) is 3.25. The van der Waals surface area contributed by atoms with Gasteiger partial charge in [-0.1, -0.05) is 6.07 Å². The highest BCUT2D eigenvalue weighted by Gasteiger charge is 2.14. The molecule has 0 saturated carbocycles. The van der Waals surface area contributed by atoms with E-state index in [2.05, 4.69) is 20.7 Å². The fourth-order valence-corrected chi connectivity index (χ4v) is 2.05. The Morgan fingerprint density at radius 3 is 2.67 bits per heavy atom. The molecule has 1 atom stereocenters. The van der Waals surface area contributed by atoms with Crippen molar-refractivity contribution in [2.75, 3.05) is 5.32 Å². The van der Waals surface area contributed by atoms with Crippen LogP contribution >= 0.6 is 0 Å². The van der Waals surface area contributed by atoms with Gasteiger partial charge in [-0.25, -0.2) is 9.18 Å². The highest BCUT2D eigenvalue weighted by atomic mass is 19.1. The van der Waals surface area contributed by atoms with Crippen LogP contribution in [0.2, 0.25) is 0 Å². The molecule has 0 fully saturated rings. The molecule has 0 aliphatic carbocycles. The number of aromatic nitrogens is 3. The number of halogens is 1. The van der Waals surface area contributed by atoms with Crippen LogP contribution in [-0.2, 0) is 7.05 Å². The second-order valence-electron chi connectivity index (χ2n) is 4.93. The van der Waals surface area contributed by atoms with Crippen LogP contribution in [0.1, 0.15) is 29.9 Å². The Hall–Kier alpha value is -2.44. The number of hydrogen-bond donors (Lipinski definition) is 2. The molecule has 1 aromatic heterocycles. The standard InChI is InChI=1S/C14H18FN5O/c1-8-7-11(15)5-6-12(8)9(2)16-14(21)18-13-17-10(3)20(4)19-13/h5-7,9H,1-4H3,(H2,16,18,19,21)/t9-/m1/s1. The molecule has 0 radical (unpaired) electrons. The maximum atomic E-state index is 13.1. The minimum atomic E-state index is -0.406. The summed E-state index contributed by atoms with van der Waals surface area (Å²) in [4.78, 5) is 16.0. The predicted molar refractivity (Wildman–Crippen MR) is 77.4 cm³/mol. The molecule has 0 unspecified atom stereocenters. The molecule has 2 rings (SSSR count). The van der Waals surface area contributed by atoms with Crippen molar-refractivity contribution in [3.05, 3.63) is 41.0 Å². The normalized spacial score (nSPS) is 12.0. The Kier molecular flexibility index (Phi) is 4.21. The van der Waals surface area contributed by atoms with Crippen LogP contribution in [-0.4, -0.2) is 20.8 Å². The maximum absolute atomic E-state index is 13.1. The van der Waals surface area contributed by atoms with Gasteiger partial charge in [-0.2, -0.15) is 4.98 Å². The van der Waals surface area contributed by atoms with Crippen LogP contribution in [0.25, 0.3) is 0 Å². The number of benzene rings is 1. The number of nitrogens with one attached hydrogen (secondary N) is 2. The maximum Gasteiger partial charge on any atom is 0.322 e. The molecule has 1 heterocycles. The van der Waals surface area contributed by atoms with Gasteiger partial charge in [0.05, 0.1) is 6.04 Å². The molecule has 0 bridgehead atoms. The van der Waals surface area contributed by atoms with E-state index in [9.17, 15) is 9.18 Å². The minimum Gasteiger partial charge on any atom is -0.331 e. The number of carbonyl (C=O) groups is 1. The molecular formula is C14H18FN5O. The van der Waals surface area contributed by atoms with Crippen molar-refractivity contribution in [2.24, 2.45) is 7.05 Å². The van der Waals surface area contributed by atoms with Crippen LogP contribution in [0.5, 0.6) is 0 Å². The Balaban J connectivity index is 2.01. The van der Waals surface area contributed by atoms with E-state index in [1.165, 1.54) is 12.1 Å². The lowest BCUT2D eigenvalue weighted by Gasteiger charge is -2.16. The van der Waals surface area contributed by atoms with E-state index in [0.717, 1.165) is 11.1 Å². The van der Waals surface area contributed by atoms with Gasteiger partial charge in [-0.15, -0.1) is 5.10 Å². The number of hydrogen-bond acceptors (Lipinski definition) is 3. The van der Waals surface area contributed by atoms with E-state index in [0.29, 0.717) is 5.82 Å². The first kappa shape index (κ1) is 15.0. The molecule has 2 amide bonds. The van der Waals surface area contributed by atoms with Gasteiger partial charge in [0.15, 0.2) is 0 Å². The van der Waals surface area contributed by atoms with Gasteiger partial charge in [0, 0.05) is 7.05 Å². The molecule has 2 N–H and O–H groups in total. The first-order chi connectivity index (χ1) is 9.86. The number of urea groups is 1. The van der Waals surface area contributed by atoms with Crippen molar-refractivity contribution in [1.29, 1.82) is 0 Å². The van der Waals surface area contributed by atoms with Gasteiger partial charge in [-0.3, -0.25) is 10.00 Å². The van der Waals surface area contributed by atoms with Gasteiger partial charge >= 0.3 is 6.03 Å². The molecule has 112 valence electrons. The van der Waals surface area contributed by atoms with Crippen LogP contribution in [0.15, 0.2) is 18.2 Å². The molecular weight excluding hydrogens is 273 g/mol. The molecule has 0 saturated heterocycles. The van der Waals surface area contributed by atoms with Crippen molar-refractivity contribution in [3.8, 4) is 0 Å². The summed E-state index contributed by atoms with van der Waals surface area (Å²) in [5.41, 5.74) is 1.64. The summed E-state index contributed by atoms with van der Waals surface area (Å²) in [6, 6.07) is 3.82. The highest BCUT2D eigenvalue weighted by Crippen LogP contribution is 2.18. The van der Waals surface area contributed by atoms with Crippen LogP contribution < -0.4 is 10.6 Å². The highest BCUT2D eigenvalue weighted by molar-refractivity contribution is 5.87. The van der Waals surface area contributed by atoms with E-state index in [-0.39, 0.29) is 17.8 Å². The first-order valence-electron chi connectivity index (χ1n) is 6.58. The number of nitrogens with zero attached hydrogens (tertiary/aromatic N) is 3. The molecule has 2 aromatic rings. The average molecular weight is 291 g/mol. The zero-order valence-corrected chi connectivity index (χ0v) is 12.4. The topological polar surface area (TPSA) is 71.8 Å². The molecule has 1 aromatic carbocycles. The quantitative estimate of drug-likeness (QED) is 0.912. The predicted octanol–water partition coefficient (Wildman–Crippen LogP) is 2.45. The third kappa shape index (κ3) is 3.56. The summed E-state index contributed by atoms with van der Waals surface area (Å²) >= 11 is 0. The Labute approximate surface area is 122 Å². The Morgan fingerprint density at radius 2 is 2.10 bits per heavy atom. The zero-order chi connectivity index (χ0) is 15.6. The van der Waals surface area contributed by atoms with Crippen molar-refractivity contribution in [1.82, 2.24) is 20.1 Å². The lowest BCUT2D eigenvalue weighted by molar-refractivity contribution is 0.249. The van der Waals surface area contributed by atoms with Gasteiger partial charge in [0.1, 0.15) is 11.6 Å². The fraction of sp³-hybridized carbons (Fsp3) is 0.357. The minimum absolute atomic E-state index is 0.246. The van der Waals surface area contributed by atoms with Crippen molar-refractivity contribution in [2.45, 2.75) is 26.8 Å². The molecule has 7 heteroatoms. The second kappa shape index (κ2) is 5.90. The largest absolute Gasteiger partial charge is 0.331 e. The number of amides is 2. The second-order valence-corrected chi connectivity index (χ2v) is 4.93. The number of carbonyl (C=O) groups excluding carboxylic acids is 1. The van der Waals surface area contributed by atoms with Gasteiger partial charge < -0.3 is 5.32 Å². The number of rotatable bonds is 3. The van der Waals surface area contributed by atoms with Crippen molar-refractivity contribution >= 4 is 12.0 Å². The summed E-state index contributed by atoms with van der Waals surface area (Å²) in [5, 5.41) is 9.38. The summed E-state index contributed by atoms with van der Waals surface area (Å²) in [6.07, 6.45) is 0. The summed E-state index contributed by atoms with van der Waals surface area (Å²) < 4.78 is 14.7. The molecule has 21 heavy (non-hydrogen) atoms. The number of aryl methyl sites for hydroxylation is 3. The number of anilines is 1. The SMILES string of the molecule is Cc1cc(F)ccc1[C@@H](C)NC(=O)Nc1nc(C)n(C)n1. The van der Waals surface area contributed by atoms with Crippen LogP contribution in [0, 0.1) is 19.7 Å². The smallest absolute Gasteiger partial charge is 0.322 e. The third-order valence-electron chi connectivity index (χ3n) is 3.25. The fourth-order valence-electron chi connectivity index (χ4n) is 2.05. The van der Waals surface area contributed by atoms with E-state index < -0.39 is 6.03 Å². The van der Waals surface area contributed by atoms with Gasteiger partial charge in [0.2, 0.25) is 5.95 Å². The monoisotopic (exact) mass is 291 g/mol. The molecule has 0 spiro atoms. The van der Waals surface area contributed by atoms with E-state index >= 15 is 0 Å². The van der Waals surface area contributed by atoms with E-state index in [1.807, 2.05) is 6.92 Å². The lowest BCUT2D eigenvalue weighted by atomic mass is 10.0. The molecule has 6 nitrogen and oxygen atoms in total. The lowest BCUT2D eigenvalue weighted by Crippen LogP contribution is -2.31. The Bertz CT molecular complexity index is 648. The van der Waals surface area contributed by atoms with Crippen LogP contribution in [0.4, 0.5) is 15.1 Å². The van der Waals surface area contributed by atoms with Gasteiger partial charge in [-0.05, 0) is 44.0 Å². The van der Waals surface area contributed by atoms with Crippen LogP contribution in [0.3, 0.4) is 0 Å². The van der Waals surface area contributed by atoms with Gasteiger partial charge in [0.25, 0.3) is 0 Å². The van der Waals surface area contributed by atoms with E-state index in [4.69, 9.17) is 0 Å². The average Bonchev–Trinajstić information content (AvgIpc) is 2.67. The first-order valence-corrected chi connectivity index (χ1v) is 6.58. The van der Waals surface area contributed by atoms with E-state index in [1.54, 1.807) is 31.6 Å². The molecule has 0 aliphatic rings. The van der Waals surface area contributed by atoms with Crippen molar-refractivity contribution in [3.63, 3.8) is 0 Å². The summed E-state index contributed by atoms with van der Waals surface area (Å²) in [5.74, 6) is 0.657.